The van der Waals surface area contributed by atoms with Gasteiger partial charge in [-0.15, -0.1) is 0 Å². The van der Waals surface area contributed by atoms with Crippen LogP contribution in [0.2, 0.25) is 0 Å². The molecule has 1 amide bonds. The Hall–Kier alpha value is -1.85. The molecule has 2 N–H and O–H groups in total. The summed E-state index contributed by atoms with van der Waals surface area (Å²) >= 11 is 0. The largest absolute Gasteiger partial charge is 0.474 e. The maximum Gasteiger partial charge on any atom is 0.394 e. The van der Waals surface area contributed by atoms with E-state index in [0.717, 1.165) is 0 Å². The van der Waals surface area contributed by atoms with E-state index in [1.165, 1.54) is 6.20 Å². The van der Waals surface area contributed by atoms with Crippen molar-refractivity contribution in [2.24, 2.45) is 0 Å². The van der Waals surface area contributed by atoms with Crippen LogP contribution in [0, 0.1) is 0 Å². The first kappa shape index (κ1) is 10.2. The minimum atomic E-state index is -1.51. The Morgan fingerprint density at radius 2 is 2.21 bits per heavy atom. The number of rotatable bonds is 2. The van der Waals surface area contributed by atoms with Crippen LogP contribution in [-0.4, -0.2) is 26.8 Å². The van der Waals surface area contributed by atoms with Gasteiger partial charge in [0.05, 0.1) is 11.9 Å². The van der Waals surface area contributed by atoms with Gasteiger partial charge in [0.25, 0.3) is 0 Å². The molecule has 0 aromatic carbocycles. The number of carboxylic acids is 1. The summed E-state index contributed by atoms with van der Waals surface area (Å²) in [5, 5.41) is 14.5. The van der Waals surface area contributed by atoms with Gasteiger partial charge < -0.3 is 10.4 Å². The van der Waals surface area contributed by atoms with Gasteiger partial charge in [0.1, 0.15) is 0 Å². The lowest BCUT2D eigenvalue weighted by molar-refractivity contribution is -0.147. The van der Waals surface area contributed by atoms with E-state index in [4.69, 9.17) is 5.11 Å². The standard InChI is InChI=1S/C8H11N3O3/c1-5(2)11-4-6(3-9-11)10-7(12)8(13)14/h3-5H,1-2H3,(H,10,12)(H,13,14). The number of nitrogens with zero attached hydrogens (tertiary/aromatic N) is 2. The second-order valence-corrected chi connectivity index (χ2v) is 3.06. The van der Waals surface area contributed by atoms with Gasteiger partial charge in [0.2, 0.25) is 0 Å². The van der Waals surface area contributed by atoms with Crippen molar-refractivity contribution >= 4 is 17.6 Å². The van der Waals surface area contributed by atoms with Crippen LogP contribution in [0.3, 0.4) is 0 Å². The Bertz CT molecular complexity index is 356. The van der Waals surface area contributed by atoms with E-state index < -0.39 is 11.9 Å². The van der Waals surface area contributed by atoms with E-state index in [0.29, 0.717) is 5.69 Å². The molecule has 0 atom stereocenters. The number of aliphatic carboxylic acids is 1. The highest BCUT2D eigenvalue weighted by Gasteiger charge is 2.12. The minimum absolute atomic E-state index is 0.172. The van der Waals surface area contributed by atoms with Crippen molar-refractivity contribution in [3.63, 3.8) is 0 Å². The molecule has 14 heavy (non-hydrogen) atoms. The molecule has 76 valence electrons. The fourth-order valence-corrected chi connectivity index (χ4v) is 0.870. The number of carbonyl (C=O) groups is 2. The van der Waals surface area contributed by atoms with Crippen LogP contribution >= 0.6 is 0 Å². The molecule has 0 spiro atoms. The predicted molar refractivity (Wildman–Crippen MR) is 48.9 cm³/mol. The molecule has 1 rings (SSSR count). The van der Waals surface area contributed by atoms with Gasteiger partial charge in [0.15, 0.2) is 0 Å². The Labute approximate surface area is 80.5 Å². The maximum atomic E-state index is 10.7. The minimum Gasteiger partial charge on any atom is -0.474 e. The number of nitrogens with one attached hydrogen (secondary N) is 1. The molecule has 0 saturated carbocycles. The monoisotopic (exact) mass is 197 g/mol. The molecule has 0 saturated heterocycles. The quantitative estimate of drug-likeness (QED) is 0.675. The topological polar surface area (TPSA) is 84.2 Å². The molecule has 6 heteroatoms. The average Bonchev–Trinajstić information content (AvgIpc) is 2.52. The molecular formula is C8H11N3O3. The van der Waals surface area contributed by atoms with E-state index in [-0.39, 0.29) is 6.04 Å². The summed E-state index contributed by atoms with van der Waals surface area (Å²) in [7, 11) is 0. The molecule has 0 unspecified atom stereocenters. The van der Waals surface area contributed by atoms with Crippen molar-refractivity contribution in [2.75, 3.05) is 5.32 Å². The third-order valence-electron chi connectivity index (χ3n) is 1.58. The summed E-state index contributed by atoms with van der Waals surface area (Å²) in [6.45, 7) is 3.85. The van der Waals surface area contributed by atoms with Gasteiger partial charge in [-0.25, -0.2) is 4.79 Å². The van der Waals surface area contributed by atoms with Crippen LogP contribution < -0.4 is 5.32 Å². The predicted octanol–water partition coefficient (Wildman–Crippen LogP) is 0.487. The molecule has 0 aliphatic heterocycles. The first-order chi connectivity index (χ1) is 6.50. The Morgan fingerprint density at radius 1 is 1.57 bits per heavy atom. The molecule has 1 heterocycles. The summed E-state index contributed by atoms with van der Waals surface area (Å²) in [5.41, 5.74) is 0.381. The van der Waals surface area contributed by atoms with Crippen LogP contribution in [0.5, 0.6) is 0 Å². The lowest BCUT2D eigenvalue weighted by Gasteiger charge is -2.02. The van der Waals surface area contributed by atoms with Crippen molar-refractivity contribution in [2.45, 2.75) is 19.9 Å². The number of amides is 1. The Morgan fingerprint density at radius 3 is 2.64 bits per heavy atom. The Kier molecular flexibility index (Phi) is 2.85. The lowest BCUT2D eigenvalue weighted by atomic mass is 10.4. The summed E-state index contributed by atoms with van der Waals surface area (Å²) in [6, 6.07) is 0.172. The highest BCUT2D eigenvalue weighted by atomic mass is 16.4. The van der Waals surface area contributed by atoms with Crippen LogP contribution in [0.25, 0.3) is 0 Å². The second-order valence-electron chi connectivity index (χ2n) is 3.06. The fourth-order valence-electron chi connectivity index (χ4n) is 0.870. The van der Waals surface area contributed by atoms with Crippen LogP contribution in [0.4, 0.5) is 5.69 Å². The smallest absolute Gasteiger partial charge is 0.394 e. The second kappa shape index (κ2) is 3.91. The summed E-state index contributed by atoms with van der Waals surface area (Å²) in [4.78, 5) is 20.9. The Balaban J connectivity index is 2.69. The van der Waals surface area contributed by atoms with Gasteiger partial charge in [-0.05, 0) is 13.8 Å². The average molecular weight is 197 g/mol. The molecular weight excluding hydrogens is 186 g/mol. The fraction of sp³-hybridized carbons (Fsp3) is 0.375. The summed E-state index contributed by atoms with van der Waals surface area (Å²) in [6.07, 6.45) is 2.98. The molecule has 0 aliphatic rings. The van der Waals surface area contributed by atoms with E-state index >= 15 is 0 Å². The highest BCUT2D eigenvalue weighted by Crippen LogP contribution is 2.09. The molecule has 0 aliphatic carbocycles. The number of carboxylic acid groups (broad SMARTS) is 1. The van der Waals surface area contributed by atoms with Crippen molar-refractivity contribution in [3.8, 4) is 0 Å². The molecule has 0 fully saturated rings. The number of carbonyl (C=O) groups excluding carboxylic acids is 1. The van der Waals surface area contributed by atoms with Gasteiger partial charge >= 0.3 is 11.9 Å². The van der Waals surface area contributed by atoms with E-state index in [9.17, 15) is 9.59 Å². The number of hydrogen-bond donors (Lipinski definition) is 2. The van der Waals surface area contributed by atoms with Crippen molar-refractivity contribution in [1.82, 2.24) is 9.78 Å². The van der Waals surface area contributed by atoms with Crippen molar-refractivity contribution in [3.05, 3.63) is 12.4 Å². The van der Waals surface area contributed by atoms with Crippen LogP contribution in [-0.2, 0) is 9.59 Å². The summed E-state index contributed by atoms with van der Waals surface area (Å²) < 4.78 is 1.62. The highest BCUT2D eigenvalue weighted by molar-refractivity contribution is 6.36. The molecule has 1 aromatic heterocycles. The zero-order valence-corrected chi connectivity index (χ0v) is 7.89. The summed E-state index contributed by atoms with van der Waals surface area (Å²) in [5.74, 6) is -2.57. The van der Waals surface area contributed by atoms with Gasteiger partial charge in [0, 0.05) is 12.2 Å². The molecule has 0 bridgehead atoms. The maximum absolute atomic E-state index is 10.7. The number of aromatic nitrogens is 2. The first-order valence-electron chi connectivity index (χ1n) is 4.09. The molecule has 0 radical (unpaired) electrons. The first-order valence-corrected chi connectivity index (χ1v) is 4.09. The molecule has 6 nitrogen and oxygen atoms in total. The van der Waals surface area contributed by atoms with E-state index in [2.05, 4.69) is 10.4 Å². The van der Waals surface area contributed by atoms with E-state index in [1.54, 1.807) is 10.9 Å². The zero-order valence-electron chi connectivity index (χ0n) is 7.89. The van der Waals surface area contributed by atoms with Gasteiger partial charge in [-0.1, -0.05) is 0 Å². The van der Waals surface area contributed by atoms with Gasteiger partial charge in [-0.2, -0.15) is 5.10 Å². The third kappa shape index (κ3) is 2.32. The van der Waals surface area contributed by atoms with Crippen LogP contribution in [0.15, 0.2) is 12.4 Å². The van der Waals surface area contributed by atoms with Crippen molar-refractivity contribution in [1.29, 1.82) is 0 Å². The van der Waals surface area contributed by atoms with E-state index in [1.807, 2.05) is 13.8 Å². The number of anilines is 1. The lowest BCUT2D eigenvalue weighted by Crippen LogP contribution is -2.21. The van der Waals surface area contributed by atoms with Crippen LogP contribution in [0.1, 0.15) is 19.9 Å². The van der Waals surface area contributed by atoms with Gasteiger partial charge in [-0.3, -0.25) is 9.48 Å². The number of hydrogen-bond acceptors (Lipinski definition) is 3. The molecule has 1 aromatic rings. The third-order valence-corrected chi connectivity index (χ3v) is 1.58. The van der Waals surface area contributed by atoms with Crippen molar-refractivity contribution < 1.29 is 14.7 Å². The zero-order chi connectivity index (χ0) is 10.7. The SMILES string of the molecule is CC(C)n1cc(NC(=O)C(=O)O)cn1. The normalized spacial score (nSPS) is 10.2.